The van der Waals surface area contributed by atoms with Gasteiger partial charge in [-0.25, -0.2) is 4.98 Å². The van der Waals surface area contributed by atoms with E-state index in [1.807, 2.05) is 25.1 Å². The number of carbonyl (C=O) groups excluding carboxylic acids is 2. The molecule has 23 heavy (non-hydrogen) atoms. The van der Waals surface area contributed by atoms with Gasteiger partial charge in [-0.05, 0) is 24.6 Å². The number of rotatable bonds is 5. The Kier molecular flexibility index (Phi) is 4.19. The minimum Gasteiger partial charge on any atom is -0.324 e. The number of nitrogens with one attached hydrogen (secondary N) is 2. The molecule has 0 saturated carbocycles. The molecule has 0 saturated heterocycles. The third kappa shape index (κ3) is 3.29. The van der Waals surface area contributed by atoms with Crippen molar-refractivity contribution in [3.8, 4) is 0 Å². The normalized spacial score (nSPS) is 10.7. The number of H-pyrrole nitrogens is 1. The molecule has 0 fully saturated rings. The summed E-state index contributed by atoms with van der Waals surface area (Å²) < 4.78 is 0. The topological polar surface area (TPSA) is 74.8 Å². The monoisotopic (exact) mass is 307 g/mol. The van der Waals surface area contributed by atoms with Crippen LogP contribution in [0.25, 0.3) is 11.0 Å². The molecule has 2 N–H and O–H groups in total. The van der Waals surface area contributed by atoms with E-state index < -0.39 is 0 Å². The van der Waals surface area contributed by atoms with Crippen molar-refractivity contribution in [1.29, 1.82) is 0 Å². The minimum absolute atomic E-state index is 0.0429. The van der Waals surface area contributed by atoms with Gasteiger partial charge in [0.2, 0.25) is 11.9 Å². The van der Waals surface area contributed by atoms with Gasteiger partial charge in [-0.3, -0.25) is 14.9 Å². The number of fused-ring (bicyclic) bond motifs is 1. The van der Waals surface area contributed by atoms with E-state index in [1.165, 1.54) is 0 Å². The maximum absolute atomic E-state index is 12.5. The van der Waals surface area contributed by atoms with Gasteiger partial charge in [0.25, 0.3) is 0 Å². The number of hydrogen-bond donors (Lipinski definition) is 2. The molecule has 3 rings (SSSR count). The van der Waals surface area contributed by atoms with E-state index >= 15 is 0 Å². The molecule has 2 aromatic carbocycles. The van der Waals surface area contributed by atoms with Gasteiger partial charge in [-0.2, -0.15) is 0 Å². The third-order valence-electron chi connectivity index (χ3n) is 3.51. The van der Waals surface area contributed by atoms with Gasteiger partial charge in [0.1, 0.15) is 0 Å². The Morgan fingerprint density at radius 3 is 2.61 bits per heavy atom. The van der Waals surface area contributed by atoms with Crippen LogP contribution in [-0.4, -0.2) is 21.7 Å². The molecule has 116 valence electrons. The SMILES string of the molecule is CCCC(=O)Nc1nc2ccc(C(=O)c3ccccc3)cc2[nH]1. The molecule has 5 heteroatoms. The van der Waals surface area contributed by atoms with Crippen LogP contribution in [0.3, 0.4) is 0 Å². The fourth-order valence-electron chi connectivity index (χ4n) is 2.39. The zero-order chi connectivity index (χ0) is 16.2. The number of aromatic amines is 1. The number of aromatic nitrogens is 2. The van der Waals surface area contributed by atoms with Gasteiger partial charge >= 0.3 is 0 Å². The van der Waals surface area contributed by atoms with Crippen molar-refractivity contribution in [3.63, 3.8) is 0 Å². The highest BCUT2D eigenvalue weighted by Crippen LogP contribution is 2.18. The average molecular weight is 307 g/mol. The Hall–Kier alpha value is -2.95. The number of imidazole rings is 1. The first-order valence-electron chi connectivity index (χ1n) is 7.56. The number of anilines is 1. The molecular weight excluding hydrogens is 290 g/mol. The molecule has 0 spiro atoms. The summed E-state index contributed by atoms with van der Waals surface area (Å²) in [7, 11) is 0. The second kappa shape index (κ2) is 6.44. The van der Waals surface area contributed by atoms with Gasteiger partial charge in [0, 0.05) is 17.5 Å². The van der Waals surface area contributed by atoms with Crippen molar-refractivity contribution in [2.45, 2.75) is 19.8 Å². The Labute approximate surface area is 133 Å². The summed E-state index contributed by atoms with van der Waals surface area (Å²) in [4.78, 5) is 31.4. The van der Waals surface area contributed by atoms with Crippen molar-refractivity contribution in [2.24, 2.45) is 0 Å². The molecule has 0 unspecified atom stereocenters. The molecule has 0 atom stereocenters. The Morgan fingerprint density at radius 2 is 1.87 bits per heavy atom. The van der Waals surface area contributed by atoms with Gasteiger partial charge in [-0.15, -0.1) is 0 Å². The summed E-state index contributed by atoms with van der Waals surface area (Å²) >= 11 is 0. The molecule has 0 aliphatic rings. The van der Waals surface area contributed by atoms with E-state index in [1.54, 1.807) is 30.3 Å². The predicted molar refractivity (Wildman–Crippen MR) is 89.5 cm³/mol. The molecule has 5 nitrogen and oxygen atoms in total. The standard InChI is InChI=1S/C18H17N3O2/c1-2-6-16(22)21-18-19-14-10-9-13(11-15(14)20-18)17(23)12-7-4-3-5-8-12/h3-5,7-11H,2,6H2,1H3,(H2,19,20,21,22). The lowest BCUT2D eigenvalue weighted by Crippen LogP contribution is -2.11. The lowest BCUT2D eigenvalue weighted by atomic mass is 10.0. The number of carbonyl (C=O) groups is 2. The minimum atomic E-state index is -0.0767. The second-order valence-electron chi connectivity index (χ2n) is 5.31. The zero-order valence-electron chi connectivity index (χ0n) is 12.8. The predicted octanol–water partition coefficient (Wildman–Crippen LogP) is 3.53. The molecule has 1 aromatic heterocycles. The molecular formula is C18H17N3O2. The molecule has 0 aliphatic carbocycles. The quantitative estimate of drug-likeness (QED) is 0.708. The second-order valence-corrected chi connectivity index (χ2v) is 5.31. The maximum atomic E-state index is 12.5. The van der Waals surface area contributed by atoms with E-state index in [0.29, 0.717) is 29.0 Å². The van der Waals surface area contributed by atoms with Crippen molar-refractivity contribution in [3.05, 3.63) is 59.7 Å². The van der Waals surface area contributed by atoms with Crippen molar-refractivity contribution in [1.82, 2.24) is 9.97 Å². The molecule has 0 bridgehead atoms. The van der Waals surface area contributed by atoms with Crippen LogP contribution in [0.15, 0.2) is 48.5 Å². The number of ketones is 1. The first kappa shape index (κ1) is 15.0. The smallest absolute Gasteiger partial charge is 0.226 e. The lowest BCUT2D eigenvalue weighted by Gasteiger charge is -2.00. The first-order valence-corrected chi connectivity index (χ1v) is 7.56. The molecule has 1 amide bonds. The summed E-state index contributed by atoms with van der Waals surface area (Å²) in [6.45, 7) is 1.94. The largest absolute Gasteiger partial charge is 0.324 e. The van der Waals surface area contributed by atoms with Crippen LogP contribution in [0.2, 0.25) is 0 Å². The zero-order valence-corrected chi connectivity index (χ0v) is 12.8. The highest BCUT2D eigenvalue weighted by Gasteiger charge is 2.11. The van der Waals surface area contributed by atoms with E-state index in [4.69, 9.17) is 0 Å². The fourth-order valence-corrected chi connectivity index (χ4v) is 2.39. The van der Waals surface area contributed by atoms with Crippen molar-refractivity contribution < 1.29 is 9.59 Å². The number of nitrogens with zero attached hydrogens (tertiary/aromatic N) is 1. The van der Waals surface area contributed by atoms with Gasteiger partial charge < -0.3 is 4.98 Å². The third-order valence-corrected chi connectivity index (χ3v) is 3.51. The summed E-state index contributed by atoms with van der Waals surface area (Å²) in [5.74, 6) is 0.286. The Balaban J connectivity index is 1.87. The van der Waals surface area contributed by atoms with Gasteiger partial charge in [0.15, 0.2) is 5.78 Å². The average Bonchev–Trinajstić information content (AvgIpc) is 2.96. The fraction of sp³-hybridized carbons (Fsp3) is 0.167. The van der Waals surface area contributed by atoms with Crippen LogP contribution in [0.5, 0.6) is 0 Å². The highest BCUT2D eigenvalue weighted by molar-refractivity contribution is 6.10. The Morgan fingerprint density at radius 1 is 1.09 bits per heavy atom. The van der Waals surface area contributed by atoms with Crippen molar-refractivity contribution in [2.75, 3.05) is 5.32 Å². The van der Waals surface area contributed by atoms with Crippen LogP contribution in [0.4, 0.5) is 5.95 Å². The van der Waals surface area contributed by atoms with Gasteiger partial charge in [0.05, 0.1) is 11.0 Å². The van der Waals surface area contributed by atoms with E-state index in [-0.39, 0.29) is 11.7 Å². The first-order chi connectivity index (χ1) is 11.2. The van der Waals surface area contributed by atoms with E-state index in [9.17, 15) is 9.59 Å². The summed E-state index contributed by atoms with van der Waals surface area (Å²) in [6.07, 6.45) is 1.23. The number of hydrogen-bond acceptors (Lipinski definition) is 3. The van der Waals surface area contributed by atoms with Crippen LogP contribution < -0.4 is 5.32 Å². The summed E-state index contributed by atoms with van der Waals surface area (Å²) in [5, 5.41) is 2.72. The van der Waals surface area contributed by atoms with Crippen LogP contribution in [0, 0.1) is 0 Å². The number of amides is 1. The molecule has 1 heterocycles. The van der Waals surface area contributed by atoms with Crippen LogP contribution in [0.1, 0.15) is 35.7 Å². The van der Waals surface area contributed by atoms with Crippen molar-refractivity contribution >= 4 is 28.7 Å². The van der Waals surface area contributed by atoms with E-state index in [2.05, 4.69) is 15.3 Å². The highest BCUT2D eigenvalue weighted by atomic mass is 16.1. The summed E-state index contributed by atoms with van der Waals surface area (Å²) in [6, 6.07) is 14.4. The summed E-state index contributed by atoms with van der Waals surface area (Å²) in [5.41, 5.74) is 2.65. The molecule has 3 aromatic rings. The molecule has 0 aliphatic heterocycles. The Bertz CT molecular complexity index is 853. The van der Waals surface area contributed by atoms with E-state index in [0.717, 1.165) is 11.9 Å². The lowest BCUT2D eigenvalue weighted by molar-refractivity contribution is -0.116. The maximum Gasteiger partial charge on any atom is 0.226 e. The van der Waals surface area contributed by atoms with Gasteiger partial charge in [-0.1, -0.05) is 37.3 Å². The number of benzene rings is 2. The molecule has 0 radical (unpaired) electrons. The van der Waals surface area contributed by atoms with Crippen LogP contribution >= 0.6 is 0 Å². The van der Waals surface area contributed by atoms with Crippen LogP contribution in [-0.2, 0) is 4.79 Å².